The van der Waals surface area contributed by atoms with E-state index in [1.54, 1.807) is 12.1 Å². The highest BCUT2D eigenvalue weighted by Gasteiger charge is 2.05. The minimum absolute atomic E-state index is 0.205. The van der Waals surface area contributed by atoms with Crippen LogP contribution in [0, 0.1) is 12.4 Å². The first kappa shape index (κ1) is 9.90. The van der Waals surface area contributed by atoms with Crippen LogP contribution >= 0.6 is 0 Å². The lowest BCUT2D eigenvalue weighted by molar-refractivity contribution is 0.334. The van der Waals surface area contributed by atoms with Gasteiger partial charge in [-0.2, -0.15) is 0 Å². The van der Waals surface area contributed by atoms with E-state index in [4.69, 9.17) is 6.58 Å². The van der Waals surface area contributed by atoms with Crippen molar-refractivity contribution in [3.63, 3.8) is 0 Å². The van der Waals surface area contributed by atoms with Gasteiger partial charge < -0.3 is 0 Å². The Morgan fingerprint density at radius 3 is 2.85 bits per heavy atom. The molecule has 0 spiro atoms. The summed E-state index contributed by atoms with van der Waals surface area (Å²) < 4.78 is 25.6. The van der Waals surface area contributed by atoms with Gasteiger partial charge in [0.1, 0.15) is 12.0 Å². The molecule has 1 radical (unpaired) electrons. The zero-order valence-corrected chi connectivity index (χ0v) is 7.21. The molecule has 0 aliphatic heterocycles. The van der Waals surface area contributed by atoms with Crippen molar-refractivity contribution >= 4 is 0 Å². The summed E-state index contributed by atoms with van der Waals surface area (Å²) >= 11 is 0. The van der Waals surface area contributed by atoms with Crippen molar-refractivity contribution in [1.29, 1.82) is 0 Å². The second-order valence-electron chi connectivity index (χ2n) is 2.90. The molecule has 0 fully saturated rings. The van der Waals surface area contributed by atoms with Gasteiger partial charge in [0, 0.05) is 6.42 Å². The number of benzene rings is 1. The molecule has 0 saturated heterocycles. The Morgan fingerprint density at radius 2 is 2.23 bits per heavy atom. The van der Waals surface area contributed by atoms with E-state index in [2.05, 4.69) is 0 Å². The van der Waals surface area contributed by atoms with Crippen LogP contribution in [-0.2, 0) is 6.42 Å². The Hall–Kier alpha value is -1.18. The highest BCUT2D eigenvalue weighted by Crippen LogP contribution is 2.10. The molecule has 1 atom stereocenters. The third-order valence-electron chi connectivity index (χ3n) is 1.74. The number of alkyl halides is 1. The van der Waals surface area contributed by atoms with Gasteiger partial charge in [0.15, 0.2) is 0 Å². The average molecular weight is 181 g/mol. The summed E-state index contributed by atoms with van der Waals surface area (Å²) in [6.07, 6.45) is 0.679. The van der Waals surface area contributed by atoms with Crippen LogP contribution in [0.3, 0.4) is 0 Å². The summed E-state index contributed by atoms with van der Waals surface area (Å²) in [6, 6.07) is 5.95. The molecule has 1 aromatic carbocycles. The van der Waals surface area contributed by atoms with Crippen LogP contribution in [0.1, 0.15) is 12.0 Å². The molecule has 0 heterocycles. The van der Waals surface area contributed by atoms with Gasteiger partial charge in [-0.1, -0.05) is 24.8 Å². The standard InChI is InChI=1S/C11H11F2/c1-2-4-10(12)7-9-5-3-6-11(13)8-9/h1-3,5-6,8,10H,4,7H2. The van der Waals surface area contributed by atoms with Gasteiger partial charge in [-0.15, -0.1) is 0 Å². The third-order valence-corrected chi connectivity index (χ3v) is 1.74. The first-order valence-electron chi connectivity index (χ1n) is 4.14. The summed E-state index contributed by atoms with van der Waals surface area (Å²) in [4.78, 5) is 0. The molecule has 2 heteroatoms. The minimum Gasteiger partial charge on any atom is -0.247 e. The lowest BCUT2D eigenvalue weighted by atomic mass is 10.1. The summed E-state index contributed by atoms with van der Waals surface area (Å²) in [5.41, 5.74) is 0.661. The predicted octanol–water partition coefficient (Wildman–Crippen LogP) is 3.09. The molecule has 1 aromatic rings. The molecule has 69 valence electrons. The van der Waals surface area contributed by atoms with Crippen LogP contribution in [0.5, 0.6) is 0 Å². The van der Waals surface area contributed by atoms with Crippen LogP contribution in [0.2, 0.25) is 0 Å². The van der Waals surface area contributed by atoms with Gasteiger partial charge in [0.2, 0.25) is 0 Å². The maximum absolute atomic E-state index is 13.0. The van der Waals surface area contributed by atoms with Crippen molar-refractivity contribution in [2.75, 3.05) is 0 Å². The Bertz CT molecular complexity index is 281. The van der Waals surface area contributed by atoms with Crippen molar-refractivity contribution < 1.29 is 8.78 Å². The molecule has 13 heavy (non-hydrogen) atoms. The van der Waals surface area contributed by atoms with Crippen LogP contribution in [0.4, 0.5) is 8.78 Å². The van der Waals surface area contributed by atoms with Crippen molar-refractivity contribution in [2.24, 2.45) is 0 Å². The highest BCUT2D eigenvalue weighted by molar-refractivity contribution is 5.17. The van der Waals surface area contributed by atoms with Crippen LogP contribution in [0.15, 0.2) is 30.3 Å². The fraction of sp³-hybridized carbons (Fsp3) is 0.273. The van der Waals surface area contributed by atoms with E-state index in [0.29, 0.717) is 5.56 Å². The van der Waals surface area contributed by atoms with Crippen molar-refractivity contribution in [3.8, 4) is 0 Å². The fourth-order valence-electron chi connectivity index (χ4n) is 1.15. The van der Waals surface area contributed by atoms with Crippen LogP contribution < -0.4 is 0 Å². The monoisotopic (exact) mass is 181 g/mol. The molecule has 0 aliphatic rings. The molecule has 1 unspecified atom stereocenters. The van der Waals surface area contributed by atoms with Gasteiger partial charge >= 0.3 is 0 Å². The first-order valence-corrected chi connectivity index (χ1v) is 4.14. The smallest absolute Gasteiger partial charge is 0.123 e. The maximum Gasteiger partial charge on any atom is 0.123 e. The molecular formula is C11H11F2. The average Bonchev–Trinajstić information content (AvgIpc) is 2.04. The van der Waals surface area contributed by atoms with Gasteiger partial charge in [-0.25, -0.2) is 8.78 Å². The number of hydrogen-bond donors (Lipinski definition) is 0. The second kappa shape index (κ2) is 4.75. The van der Waals surface area contributed by atoms with Crippen LogP contribution in [0.25, 0.3) is 0 Å². The van der Waals surface area contributed by atoms with Gasteiger partial charge in [0.05, 0.1) is 0 Å². The molecule has 0 N–H and O–H groups in total. The normalized spacial score (nSPS) is 12.5. The quantitative estimate of drug-likeness (QED) is 0.669. The summed E-state index contributed by atoms with van der Waals surface area (Å²) in [7, 11) is 0. The predicted molar refractivity (Wildman–Crippen MR) is 48.5 cm³/mol. The Labute approximate surface area is 76.9 Å². The molecule has 0 amide bonds. The van der Waals surface area contributed by atoms with Gasteiger partial charge in [0.25, 0.3) is 0 Å². The Balaban J connectivity index is 2.58. The summed E-state index contributed by atoms with van der Waals surface area (Å²) in [6.45, 7) is 5.07. The summed E-state index contributed by atoms with van der Waals surface area (Å²) in [5.74, 6) is -0.332. The van der Waals surface area contributed by atoms with Crippen molar-refractivity contribution in [2.45, 2.75) is 19.0 Å². The zero-order chi connectivity index (χ0) is 9.68. The minimum atomic E-state index is -1.02. The molecule has 0 saturated carbocycles. The van der Waals surface area contributed by atoms with Crippen molar-refractivity contribution in [3.05, 3.63) is 48.3 Å². The van der Waals surface area contributed by atoms with E-state index >= 15 is 0 Å². The maximum atomic E-state index is 13.0. The Kier molecular flexibility index (Phi) is 3.62. The molecule has 0 aromatic heterocycles. The second-order valence-corrected chi connectivity index (χ2v) is 2.90. The van der Waals surface area contributed by atoms with E-state index in [1.807, 2.05) is 0 Å². The molecule has 0 nitrogen and oxygen atoms in total. The zero-order valence-electron chi connectivity index (χ0n) is 7.21. The van der Waals surface area contributed by atoms with E-state index in [1.165, 1.54) is 18.2 Å². The highest BCUT2D eigenvalue weighted by atomic mass is 19.1. The molecule has 0 aliphatic carbocycles. The first-order chi connectivity index (χ1) is 6.22. The number of allylic oxidation sites excluding steroid dienone is 1. The SMILES string of the molecule is [CH]=CCC(F)Cc1cccc(F)c1. The number of rotatable bonds is 4. The summed E-state index contributed by atoms with van der Waals surface area (Å²) in [5, 5.41) is 0. The van der Waals surface area contributed by atoms with E-state index in [-0.39, 0.29) is 18.7 Å². The van der Waals surface area contributed by atoms with E-state index in [9.17, 15) is 8.78 Å². The lowest BCUT2D eigenvalue weighted by Gasteiger charge is -2.04. The lowest BCUT2D eigenvalue weighted by Crippen LogP contribution is -2.03. The fourth-order valence-corrected chi connectivity index (χ4v) is 1.15. The topological polar surface area (TPSA) is 0 Å². The largest absolute Gasteiger partial charge is 0.247 e. The molecule has 1 rings (SSSR count). The number of halogens is 2. The van der Waals surface area contributed by atoms with Gasteiger partial charge in [-0.05, 0) is 24.1 Å². The van der Waals surface area contributed by atoms with Crippen LogP contribution in [-0.4, -0.2) is 6.17 Å². The third kappa shape index (κ3) is 3.36. The molecular weight excluding hydrogens is 170 g/mol. The van der Waals surface area contributed by atoms with Crippen molar-refractivity contribution in [1.82, 2.24) is 0 Å². The van der Waals surface area contributed by atoms with E-state index in [0.717, 1.165) is 0 Å². The molecule has 0 bridgehead atoms. The Morgan fingerprint density at radius 1 is 1.46 bits per heavy atom. The number of hydrogen-bond acceptors (Lipinski definition) is 0. The van der Waals surface area contributed by atoms with E-state index < -0.39 is 6.17 Å². The van der Waals surface area contributed by atoms with Gasteiger partial charge in [-0.3, -0.25) is 0 Å².